The van der Waals surface area contributed by atoms with Crippen LogP contribution in [0, 0.1) is 17.2 Å². The lowest BCUT2D eigenvalue weighted by Gasteiger charge is -2.13. The molecule has 1 heterocycles. The Kier molecular flexibility index (Phi) is 4.05. The molecule has 1 aromatic carbocycles. The van der Waals surface area contributed by atoms with Gasteiger partial charge in [0.1, 0.15) is 6.07 Å². The van der Waals surface area contributed by atoms with Crippen molar-refractivity contribution in [3.63, 3.8) is 0 Å². The molecular weight excluding hydrogens is 273 g/mol. The number of hydrogen-bond acceptors (Lipinski definition) is 3. The number of nitrogens with one attached hydrogen (secondary N) is 1. The van der Waals surface area contributed by atoms with Gasteiger partial charge in [0.05, 0.1) is 16.8 Å². The molecule has 1 unspecified atom stereocenters. The molecule has 0 bridgehead atoms. The van der Waals surface area contributed by atoms with Crippen molar-refractivity contribution in [3.8, 4) is 6.07 Å². The van der Waals surface area contributed by atoms with Crippen molar-refractivity contribution < 1.29 is 13.2 Å². The number of nitriles is 1. The Labute approximate surface area is 113 Å². The average Bonchev–Trinajstić information content (AvgIpc) is 2.88. The minimum absolute atomic E-state index is 0.0180. The quantitative estimate of drug-likeness (QED) is 0.915. The fourth-order valence-electron chi connectivity index (χ4n) is 1.74. The lowest BCUT2D eigenvalue weighted by molar-refractivity contribution is -0.137. The summed E-state index contributed by atoms with van der Waals surface area (Å²) in [6.45, 7) is 0.615. The first kappa shape index (κ1) is 13.8. The molecule has 0 amide bonds. The molecular formula is C13H11F3N2S. The van der Waals surface area contributed by atoms with Gasteiger partial charge >= 0.3 is 6.18 Å². The van der Waals surface area contributed by atoms with Crippen molar-refractivity contribution in [3.05, 3.63) is 40.8 Å². The Hall–Kier alpha value is -1.61. The molecule has 0 saturated heterocycles. The van der Waals surface area contributed by atoms with E-state index in [1.54, 1.807) is 17.8 Å². The van der Waals surface area contributed by atoms with Crippen LogP contribution in [0.2, 0.25) is 0 Å². The summed E-state index contributed by atoms with van der Waals surface area (Å²) in [7, 11) is 0. The van der Waals surface area contributed by atoms with Gasteiger partial charge in [-0.2, -0.15) is 18.4 Å². The van der Waals surface area contributed by atoms with E-state index in [-0.39, 0.29) is 5.56 Å². The summed E-state index contributed by atoms with van der Waals surface area (Å²) in [5.74, 6) is 1.30. The second-order valence-corrected chi connectivity index (χ2v) is 5.11. The Balaban J connectivity index is 2.12. The fraction of sp³-hybridized carbons (Fsp3) is 0.308. The highest BCUT2D eigenvalue weighted by atomic mass is 32.2. The normalized spacial score (nSPS) is 18.3. The zero-order valence-corrected chi connectivity index (χ0v) is 10.7. The summed E-state index contributed by atoms with van der Waals surface area (Å²) in [6.07, 6.45) is -2.37. The van der Waals surface area contributed by atoms with Crippen molar-refractivity contribution in [2.45, 2.75) is 6.18 Å². The van der Waals surface area contributed by atoms with E-state index in [2.05, 4.69) is 5.32 Å². The maximum Gasteiger partial charge on any atom is 0.416 e. The molecule has 0 aliphatic carbocycles. The van der Waals surface area contributed by atoms with Crippen LogP contribution in [0.3, 0.4) is 0 Å². The van der Waals surface area contributed by atoms with Gasteiger partial charge in [0.15, 0.2) is 0 Å². The molecule has 6 heteroatoms. The Bertz CT molecular complexity index is 532. The first-order valence-corrected chi connectivity index (χ1v) is 6.69. The van der Waals surface area contributed by atoms with Crippen LogP contribution in [-0.2, 0) is 6.18 Å². The maximum absolute atomic E-state index is 12.5. The van der Waals surface area contributed by atoms with E-state index in [9.17, 15) is 13.2 Å². The van der Waals surface area contributed by atoms with E-state index in [0.29, 0.717) is 18.2 Å². The van der Waals surface area contributed by atoms with Crippen LogP contribution in [0.1, 0.15) is 11.1 Å². The lowest BCUT2D eigenvalue weighted by atomic mass is 10.1. The molecule has 0 radical (unpaired) electrons. The third-order valence-corrected chi connectivity index (χ3v) is 3.75. The second-order valence-electron chi connectivity index (χ2n) is 4.17. The topological polar surface area (TPSA) is 35.8 Å². The van der Waals surface area contributed by atoms with Crippen LogP contribution < -0.4 is 5.32 Å². The van der Waals surface area contributed by atoms with Gasteiger partial charge in [-0.3, -0.25) is 0 Å². The number of benzene rings is 1. The van der Waals surface area contributed by atoms with Crippen molar-refractivity contribution in [1.82, 2.24) is 0 Å². The van der Waals surface area contributed by atoms with Gasteiger partial charge < -0.3 is 5.32 Å². The third-order valence-electron chi connectivity index (χ3n) is 2.78. The van der Waals surface area contributed by atoms with Gasteiger partial charge in [-0.05, 0) is 23.6 Å². The zero-order valence-electron chi connectivity index (χ0n) is 9.87. The van der Waals surface area contributed by atoms with E-state index in [1.807, 2.05) is 11.5 Å². The molecule has 19 heavy (non-hydrogen) atoms. The summed E-state index contributed by atoms with van der Waals surface area (Å²) in [5.41, 5.74) is -0.337. The number of nitrogens with zero attached hydrogens (tertiary/aromatic N) is 1. The van der Waals surface area contributed by atoms with Gasteiger partial charge in [0.25, 0.3) is 0 Å². The van der Waals surface area contributed by atoms with Gasteiger partial charge in [-0.25, -0.2) is 0 Å². The Morgan fingerprint density at radius 2 is 2.21 bits per heavy atom. The van der Waals surface area contributed by atoms with Gasteiger partial charge in [0, 0.05) is 18.2 Å². The van der Waals surface area contributed by atoms with Crippen LogP contribution >= 0.6 is 11.8 Å². The number of hydrogen-bond donors (Lipinski definition) is 1. The molecule has 2 rings (SSSR count). The number of rotatable bonds is 3. The number of halogens is 3. The molecule has 1 aliphatic heterocycles. The minimum Gasteiger partial charge on any atom is -0.383 e. The maximum atomic E-state index is 12.5. The largest absolute Gasteiger partial charge is 0.416 e. The highest BCUT2D eigenvalue weighted by Crippen LogP contribution is 2.31. The summed E-state index contributed by atoms with van der Waals surface area (Å²) in [4.78, 5) is 0. The SMILES string of the molecule is N#Cc1cc(C(F)(F)F)ccc1NCC1C=CSC1. The van der Waals surface area contributed by atoms with Crippen molar-refractivity contribution in [2.24, 2.45) is 5.92 Å². The molecule has 0 saturated carbocycles. The van der Waals surface area contributed by atoms with E-state index in [0.717, 1.165) is 17.9 Å². The molecule has 1 aromatic rings. The molecule has 1 atom stereocenters. The summed E-state index contributed by atoms with van der Waals surface area (Å²) in [5, 5.41) is 14.0. The number of alkyl halides is 3. The summed E-state index contributed by atoms with van der Waals surface area (Å²) >= 11 is 1.70. The van der Waals surface area contributed by atoms with Crippen molar-refractivity contribution in [2.75, 3.05) is 17.6 Å². The van der Waals surface area contributed by atoms with Crippen LogP contribution in [0.15, 0.2) is 29.7 Å². The highest BCUT2D eigenvalue weighted by Gasteiger charge is 2.31. The predicted octanol–water partition coefficient (Wildman–Crippen LogP) is 3.87. The fourth-order valence-corrected chi connectivity index (χ4v) is 2.66. The Morgan fingerprint density at radius 3 is 2.79 bits per heavy atom. The molecule has 2 nitrogen and oxygen atoms in total. The Morgan fingerprint density at radius 1 is 1.42 bits per heavy atom. The standard InChI is InChI=1S/C13H11F3N2S/c14-13(15,16)11-1-2-12(10(5-11)6-17)18-7-9-3-4-19-8-9/h1-5,9,18H,7-8H2. The van der Waals surface area contributed by atoms with E-state index in [4.69, 9.17) is 5.26 Å². The number of thioether (sulfide) groups is 1. The monoisotopic (exact) mass is 284 g/mol. The zero-order chi connectivity index (χ0) is 13.9. The first-order valence-electron chi connectivity index (χ1n) is 5.64. The minimum atomic E-state index is -4.42. The van der Waals surface area contributed by atoms with E-state index in [1.165, 1.54) is 6.07 Å². The van der Waals surface area contributed by atoms with Crippen LogP contribution in [-0.4, -0.2) is 12.3 Å². The van der Waals surface area contributed by atoms with Crippen LogP contribution in [0.25, 0.3) is 0 Å². The third kappa shape index (κ3) is 3.44. The molecule has 0 fully saturated rings. The van der Waals surface area contributed by atoms with Crippen molar-refractivity contribution >= 4 is 17.4 Å². The number of anilines is 1. The molecule has 1 N–H and O–H groups in total. The van der Waals surface area contributed by atoms with E-state index >= 15 is 0 Å². The predicted molar refractivity (Wildman–Crippen MR) is 69.7 cm³/mol. The van der Waals surface area contributed by atoms with Gasteiger partial charge in [-0.15, -0.1) is 11.8 Å². The summed E-state index contributed by atoms with van der Waals surface area (Å²) in [6, 6.07) is 4.98. The molecule has 100 valence electrons. The average molecular weight is 284 g/mol. The van der Waals surface area contributed by atoms with E-state index < -0.39 is 11.7 Å². The lowest BCUT2D eigenvalue weighted by Crippen LogP contribution is -2.14. The van der Waals surface area contributed by atoms with Crippen molar-refractivity contribution in [1.29, 1.82) is 5.26 Å². The molecule has 0 spiro atoms. The second kappa shape index (κ2) is 5.57. The molecule has 1 aliphatic rings. The van der Waals surface area contributed by atoms with Crippen LogP contribution in [0.5, 0.6) is 0 Å². The van der Waals surface area contributed by atoms with Gasteiger partial charge in [-0.1, -0.05) is 6.08 Å². The molecule has 0 aromatic heterocycles. The highest BCUT2D eigenvalue weighted by molar-refractivity contribution is 8.02. The summed E-state index contributed by atoms with van der Waals surface area (Å²) < 4.78 is 37.6. The smallest absolute Gasteiger partial charge is 0.383 e. The van der Waals surface area contributed by atoms with Gasteiger partial charge in [0.2, 0.25) is 0 Å². The first-order chi connectivity index (χ1) is 9.00. The van der Waals surface area contributed by atoms with Crippen LogP contribution in [0.4, 0.5) is 18.9 Å².